The molecule has 0 saturated heterocycles. The lowest BCUT2D eigenvalue weighted by atomic mass is 10.1. The highest BCUT2D eigenvalue weighted by Gasteiger charge is 1.96. The van der Waals surface area contributed by atoms with Crippen LogP contribution in [-0.2, 0) is 5.75 Å². The van der Waals surface area contributed by atoms with E-state index in [0.717, 1.165) is 11.5 Å². The highest BCUT2D eigenvalue weighted by atomic mass is 79.9. The summed E-state index contributed by atoms with van der Waals surface area (Å²) in [5.74, 6) is 3.36. The summed E-state index contributed by atoms with van der Waals surface area (Å²) in [5, 5.41) is 1.17. The van der Waals surface area contributed by atoms with Gasteiger partial charge in [-0.15, -0.1) is 0 Å². The Bertz CT molecular complexity index is 366. The first-order valence-corrected chi connectivity index (χ1v) is 11.4. The minimum atomic E-state index is 0.946. The summed E-state index contributed by atoms with van der Waals surface area (Å²) in [6, 6.07) is 8.44. The molecule has 0 fully saturated rings. The Morgan fingerprint density at radius 1 is 0.783 bits per heavy atom. The van der Waals surface area contributed by atoms with E-state index < -0.39 is 0 Å². The van der Waals surface area contributed by atoms with E-state index in [1.54, 1.807) is 7.11 Å². The Balaban J connectivity index is 1.82. The molecule has 1 aromatic carbocycles. The maximum Gasteiger partial charge on any atom is 0.118 e. The van der Waals surface area contributed by atoms with Crippen LogP contribution in [0.1, 0.15) is 69.8 Å². The first kappa shape index (κ1) is 20.9. The summed E-state index contributed by atoms with van der Waals surface area (Å²) in [6.07, 6.45) is 14.1. The van der Waals surface area contributed by atoms with Gasteiger partial charge in [-0.3, -0.25) is 0 Å². The van der Waals surface area contributed by atoms with Crippen molar-refractivity contribution < 1.29 is 4.74 Å². The summed E-state index contributed by atoms with van der Waals surface area (Å²) < 4.78 is 5.18. The maximum atomic E-state index is 5.18. The summed E-state index contributed by atoms with van der Waals surface area (Å²) in [6.45, 7) is 0. The van der Waals surface area contributed by atoms with E-state index in [-0.39, 0.29) is 0 Å². The van der Waals surface area contributed by atoms with E-state index in [1.807, 2.05) is 0 Å². The molecule has 0 atom stereocenters. The van der Waals surface area contributed by atoms with Crippen LogP contribution in [0.3, 0.4) is 0 Å². The van der Waals surface area contributed by atoms with Gasteiger partial charge in [-0.05, 0) is 36.3 Å². The summed E-state index contributed by atoms with van der Waals surface area (Å²) in [7, 11) is 1.72. The van der Waals surface area contributed by atoms with Crippen LogP contribution >= 0.6 is 27.7 Å². The monoisotopic (exact) mass is 400 g/mol. The second-order valence-electron chi connectivity index (χ2n) is 6.13. The molecule has 1 nitrogen and oxygen atoms in total. The van der Waals surface area contributed by atoms with Crippen molar-refractivity contribution in [3.05, 3.63) is 29.8 Å². The first-order valence-electron chi connectivity index (χ1n) is 9.13. The van der Waals surface area contributed by atoms with Crippen LogP contribution in [-0.4, -0.2) is 18.2 Å². The largest absolute Gasteiger partial charge is 0.497 e. The molecule has 1 rings (SSSR count). The van der Waals surface area contributed by atoms with Crippen molar-refractivity contribution in [3.8, 4) is 5.75 Å². The highest BCUT2D eigenvalue weighted by Crippen LogP contribution is 2.18. The lowest BCUT2D eigenvalue weighted by molar-refractivity contribution is 0.414. The molecule has 1 aromatic rings. The molecule has 0 aromatic heterocycles. The Hall–Kier alpha value is -0.150. The molecule has 0 N–H and O–H groups in total. The van der Waals surface area contributed by atoms with Crippen LogP contribution in [0, 0.1) is 0 Å². The zero-order valence-electron chi connectivity index (χ0n) is 14.7. The predicted molar refractivity (Wildman–Crippen MR) is 109 cm³/mol. The first-order chi connectivity index (χ1) is 11.4. The Kier molecular flexibility index (Phi) is 14.0. The number of alkyl halides is 1. The molecular formula is C20H33BrOS. The fourth-order valence-electron chi connectivity index (χ4n) is 2.62. The number of ether oxygens (including phenoxy) is 1. The number of methoxy groups -OCH3 is 1. The van der Waals surface area contributed by atoms with Gasteiger partial charge in [-0.25, -0.2) is 0 Å². The molecule has 0 amide bonds. The van der Waals surface area contributed by atoms with E-state index in [1.165, 1.54) is 80.9 Å². The molecule has 0 aliphatic heterocycles. The van der Waals surface area contributed by atoms with Crippen molar-refractivity contribution >= 4 is 27.7 Å². The van der Waals surface area contributed by atoms with Gasteiger partial charge in [0.15, 0.2) is 0 Å². The zero-order valence-corrected chi connectivity index (χ0v) is 17.1. The van der Waals surface area contributed by atoms with Crippen molar-refractivity contribution in [2.24, 2.45) is 0 Å². The van der Waals surface area contributed by atoms with Gasteiger partial charge < -0.3 is 4.74 Å². The van der Waals surface area contributed by atoms with Crippen LogP contribution in [0.25, 0.3) is 0 Å². The minimum Gasteiger partial charge on any atom is -0.497 e. The summed E-state index contributed by atoms with van der Waals surface area (Å²) >= 11 is 5.55. The number of thioether (sulfide) groups is 1. The molecule has 0 bridgehead atoms. The second-order valence-corrected chi connectivity index (χ2v) is 8.02. The Labute approximate surface area is 156 Å². The molecule has 0 unspecified atom stereocenters. The lowest BCUT2D eigenvalue weighted by Gasteiger charge is -2.04. The number of halogens is 1. The maximum absolute atomic E-state index is 5.18. The standard InChI is InChI=1S/C20H33BrOS/c1-22-20-14-12-19(13-15-20)18-23-17-11-9-7-5-3-2-4-6-8-10-16-21/h12-15H,2-11,16-18H2,1H3. The average Bonchev–Trinajstić information content (AvgIpc) is 2.59. The molecule has 23 heavy (non-hydrogen) atoms. The van der Waals surface area contributed by atoms with Gasteiger partial charge in [0.2, 0.25) is 0 Å². The van der Waals surface area contributed by atoms with Gasteiger partial charge in [0.1, 0.15) is 5.75 Å². The normalized spacial score (nSPS) is 10.9. The fraction of sp³-hybridized carbons (Fsp3) is 0.700. The van der Waals surface area contributed by atoms with Gasteiger partial charge >= 0.3 is 0 Å². The molecule has 0 aliphatic rings. The average molecular weight is 401 g/mol. The van der Waals surface area contributed by atoms with Gasteiger partial charge in [0.25, 0.3) is 0 Å². The SMILES string of the molecule is COc1ccc(CSCCCCCCCCCCCCBr)cc1. The van der Waals surface area contributed by atoms with Crippen molar-refractivity contribution in [3.63, 3.8) is 0 Å². The number of hydrogen-bond donors (Lipinski definition) is 0. The van der Waals surface area contributed by atoms with Crippen molar-refractivity contribution in [1.82, 2.24) is 0 Å². The lowest BCUT2D eigenvalue weighted by Crippen LogP contribution is -1.87. The van der Waals surface area contributed by atoms with Gasteiger partial charge in [0.05, 0.1) is 7.11 Å². The minimum absolute atomic E-state index is 0.946. The molecule has 0 heterocycles. The number of rotatable bonds is 15. The predicted octanol–water partition coefficient (Wildman–Crippen LogP) is 7.22. The third-order valence-corrected chi connectivity index (χ3v) is 5.78. The van der Waals surface area contributed by atoms with E-state index in [0.29, 0.717) is 0 Å². The molecule has 3 heteroatoms. The van der Waals surface area contributed by atoms with Gasteiger partial charge in [0, 0.05) is 11.1 Å². The van der Waals surface area contributed by atoms with Gasteiger partial charge in [-0.1, -0.05) is 79.4 Å². The zero-order chi connectivity index (χ0) is 16.6. The Morgan fingerprint density at radius 2 is 1.30 bits per heavy atom. The number of benzene rings is 1. The molecule has 0 aliphatic carbocycles. The quantitative estimate of drug-likeness (QED) is 0.227. The Morgan fingerprint density at radius 3 is 1.83 bits per heavy atom. The third kappa shape index (κ3) is 11.9. The topological polar surface area (TPSA) is 9.23 Å². The van der Waals surface area contributed by atoms with E-state index in [4.69, 9.17) is 4.74 Å². The van der Waals surface area contributed by atoms with E-state index >= 15 is 0 Å². The highest BCUT2D eigenvalue weighted by molar-refractivity contribution is 9.09. The summed E-state index contributed by atoms with van der Waals surface area (Å²) in [5.41, 5.74) is 1.40. The van der Waals surface area contributed by atoms with Crippen LogP contribution in [0.15, 0.2) is 24.3 Å². The molecule has 0 spiro atoms. The van der Waals surface area contributed by atoms with Crippen LogP contribution in [0.5, 0.6) is 5.75 Å². The smallest absolute Gasteiger partial charge is 0.118 e. The van der Waals surface area contributed by atoms with Crippen molar-refractivity contribution in [1.29, 1.82) is 0 Å². The van der Waals surface area contributed by atoms with Gasteiger partial charge in [-0.2, -0.15) is 11.8 Å². The van der Waals surface area contributed by atoms with Crippen LogP contribution in [0.2, 0.25) is 0 Å². The molecule has 0 saturated carbocycles. The molecule has 0 radical (unpaired) electrons. The van der Waals surface area contributed by atoms with Crippen molar-refractivity contribution in [2.45, 2.75) is 70.0 Å². The van der Waals surface area contributed by atoms with E-state index in [2.05, 4.69) is 52.0 Å². The number of unbranched alkanes of at least 4 members (excludes halogenated alkanes) is 9. The fourth-order valence-corrected chi connectivity index (χ4v) is 4.00. The van der Waals surface area contributed by atoms with E-state index in [9.17, 15) is 0 Å². The third-order valence-electron chi connectivity index (χ3n) is 4.10. The van der Waals surface area contributed by atoms with Crippen molar-refractivity contribution in [2.75, 3.05) is 18.2 Å². The van der Waals surface area contributed by atoms with Crippen LogP contribution < -0.4 is 4.74 Å². The second kappa shape index (κ2) is 15.4. The molecular weight excluding hydrogens is 368 g/mol. The summed E-state index contributed by atoms with van der Waals surface area (Å²) in [4.78, 5) is 0. The van der Waals surface area contributed by atoms with Crippen LogP contribution in [0.4, 0.5) is 0 Å². The number of hydrogen-bond acceptors (Lipinski definition) is 2. The molecule has 132 valence electrons.